The van der Waals surface area contributed by atoms with Gasteiger partial charge >= 0.3 is 0 Å². The molecule has 6 heteroatoms. The van der Waals surface area contributed by atoms with Crippen LogP contribution in [0.5, 0.6) is 5.75 Å². The summed E-state index contributed by atoms with van der Waals surface area (Å²) in [4.78, 5) is 22.9. The molecule has 2 aromatic rings. The van der Waals surface area contributed by atoms with E-state index in [-0.39, 0.29) is 5.91 Å². The third-order valence-corrected chi connectivity index (χ3v) is 3.71. The predicted molar refractivity (Wildman–Crippen MR) is 89.0 cm³/mol. The van der Waals surface area contributed by atoms with Crippen molar-refractivity contribution in [3.05, 3.63) is 42.2 Å². The van der Waals surface area contributed by atoms with E-state index in [2.05, 4.69) is 20.2 Å². The molecule has 0 saturated carbocycles. The van der Waals surface area contributed by atoms with Crippen molar-refractivity contribution in [2.75, 3.05) is 29.9 Å². The molecule has 1 fully saturated rings. The molecule has 1 aliphatic rings. The number of carbonyl (C=O) groups excluding carboxylic acids is 1. The van der Waals surface area contributed by atoms with Crippen LogP contribution in [-0.2, 0) is 0 Å². The van der Waals surface area contributed by atoms with E-state index in [9.17, 15) is 4.79 Å². The van der Waals surface area contributed by atoms with Gasteiger partial charge in [-0.3, -0.25) is 4.79 Å². The summed E-state index contributed by atoms with van der Waals surface area (Å²) in [6.45, 7) is 4.52. The molecule has 23 heavy (non-hydrogen) atoms. The van der Waals surface area contributed by atoms with E-state index in [1.54, 1.807) is 12.4 Å². The molecule has 1 N–H and O–H groups in total. The smallest absolute Gasteiger partial charge is 0.258 e. The highest BCUT2D eigenvalue weighted by atomic mass is 16.5. The quantitative estimate of drug-likeness (QED) is 0.919. The maximum absolute atomic E-state index is 12.2. The van der Waals surface area contributed by atoms with Gasteiger partial charge in [-0.05, 0) is 44.0 Å². The zero-order valence-corrected chi connectivity index (χ0v) is 13.2. The number of aromatic nitrogens is 2. The van der Waals surface area contributed by atoms with Crippen molar-refractivity contribution in [1.82, 2.24) is 9.97 Å². The molecule has 0 radical (unpaired) electrons. The van der Waals surface area contributed by atoms with Crippen molar-refractivity contribution in [2.45, 2.75) is 19.8 Å². The van der Waals surface area contributed by atoms with Crippen molar-refractivity contribution in [2.24, 2.45) is 0 Å². The second-order valence-corrected chi connectivity index (χ2v) is 5.38. The van der Waals surface area contributed by atoms with Crippen LogP contribution < -0.4 is 15.0 Å². The van der Waals surface area contributed by atoms with Gasteiger partial charge in [-0.25, -0.2) is 9.97 Å². The first kappa shape index (κ1) is 15.3. The lowest BCUT2D eigenvalue weighted by Crippen LogP contribution is -2.21. The van der Waals surface area contributed by atoms with Crippen LogP contribution in [0.25, 0.3) is 0 Å². The fourth-order valence-electron chi connectivity index (χ4n) is 2.52. The van der Waals surface area contributed by atoms with E-state index < -0.39 is 0 Å². The zero-order chi connectivity index (χ0) is 16.1. The summed E-state index contributed by atoms with van der Waals surface area (Å²) < 4.78 is 5.37. The monoisotopic (exact) mass is 312 g/mol. The van der Waals surface area contributed by atoms with Crippen molar-refractivity contribution in [1.29, 1.82) is 0 Å². The normalized spacial score (nSPS) is 13.9. The Morgan fingerprint density at radius 3 is 2.43 bits per heavy atom. The van der Waals surface area contributed by atoms with E-state index in [1.807, 2.05) is 31.2 Å². The molecule has 0 bridgehead atoms. The Morgan fingerprint density at radius 1 is 1.17 bits per heavy atom. The Labute approximate surface area is 135 Å². The molecule has 120 valence electrons. The van der Waals surface area contributed by atoms with Crippen LogP contribution in [0, 0.1) is 0 Å². The Bertz CT molecular complexity index is 649. The zero-order valence-electron chi connectivity index (χ0n) is 13.2. The number of nitrogens with one attached hydrogen (secondary N) is 1. The third kappa shape index (κ3) is 3.77. The second-order valence-electron chi connectivity index (χ2n) is 5.38. The molecule has 1 saturated heterocycles. The average molecular weight is 312 g/mol. The van der Waals surface area contributed by atoms with Gasteiger partial charge < -0.3 is 15.0 Å². The van der Waals surface area contributed by atoms with Gasteiger partial charge in [0.05, 0.1) is 12.2 Å². The van der Waals surface area contributed by atoms with Crippen LogP contribution in [-0.4, -0.2) is 35.6 Å². The Balaban J connectivity index is 1.63. The summed E-state index contributed by atoms with van der Waals surface area (Å²) in [5.41, 5.74) is 1.16. The fourth-order valence-corrected chi connectivity index (χ4v) is 2.52. The summed E-state index contributed by atoms with van der Waals surface area (Å²) in [5, 5.41) is 2.83. The highest BCUT2D eigenvalue weighted by molar-refractivity contribution is 6.03. The summed E-state index contributed by atoms with van der Waals surface area (Å²) in [6.07, 6.45) is 5.49. The molecule has 1 aliphatic heterocycles. The lowest BCUT2D eigenvalue weighted by atomic mass is 10.2. The number of hydrogen-bond acceptors (Lipinski definition) is 5. The third-order valence-electron chi connectivity index (χ3n) is 3.71. The fraction of sp³-hybridized carbons (Fsp3) is 0.353. The summed E-state index contributed by atoms with van der Waals surface area (Å²) >= 11 is 0. The molecule has 1 aromatic heterocycles. The summed E-state index contributed by atoms with van der Waals surface area (Å²) in [6, 6.07) is 7.27. The van der Waals surface area contributed by atoms with Crippen LogP contribution >= 0.6 is 0 Å². The van der Waals surface area contributed by atoms with E-state index in [0.717, 1.165) is 18.8 Å². The number of amides is 1. The minimum Gasteiger partial charge on any atom is -0.494 e. The first-order valence-corrected chi connectivity index (χ1v) is 7.87. The SMILES string of the molecule is CCOc1ccc(NC(=O)c2cnc(N3CCCC3)nc2)cc1. The number of rotatable bonds is 5. The molecule has 6 nitrogen and oxygen atoms in total. The van der Waals surface area contributed by atoms with E-state index >= 15 is 0 Å². The maximum Gasteiger partial charge on any atom is 0.258 e. The minimum absolute atomic E-state index is 0.220. The first-order valence-electron chi connectivity index (χ1n) is 7.87. The standard InChI is InChI=1S/C17H20N4O2/c1-2-23-15-7-5-14(6-8-15)20-16(22)13-11-18-17(19-12-13)21-9-3-4-10-21/h5-8,11-12H,2-4,9-10H2,1H3,(H,20,22). The largest absolute Gasteiger partial charge is 0.494 e. The maximum atomic E-state index is 12.2. The predicted octanol–water partition coefficient (Wildman–Crippen LogP) is 2.73. The topological polar surface area (TPSA) is 67.3 Å². The van der Waals surface area contributed by atoms with Crippen LogP contribution in [0.3, 0.4) is 0 Å². The number of nitrogens with zero attached hydrogens (tertiary/aromatic N) is 3. The van der Waals surface area contributed by atoms with Gasteiger partial charge in [0.2, 0.25) is 5.95 Å². The number of carbonyl (C=O) groups is 1. The number of hydrogen-bond donors (Lipinski definition) is 1. The van der Waals surface area contributed by atoms with Crippen molar-refractivity contribution in [3.63, 3.8) is 0 Å². The number of ether oxygens (including phenoxy) is 1. The Hall–Kier alpha value is -2.63. The molecule has 0 aliphatic carbocycles. The molecule has 0 unspecified atom stereocenters. The van der Waals surface area contributed by atoms with Gasteiger partial charge in [-0.1, -0.05) is 0 Å². The average Bonchev–Trinajstić information content (AvgIpc) is 3.11. The molecule has 1 aromatic carbocycles. The van der Waals surface area contributed by atoms with Gasteiger partial charge in [0.25, 0.3) is 5.91 Å². The van der Waals surface area contributed by atoms with Crippen molar-refractivity contribution < 1.29 is 9.53 Å². The molecule has 3 rings (SSSR count). The lowest BCUT2D eigenvalue weighted by molar-refractivity contribution is 0.102. The molecule has 0 atom stereocenters. The van der Waals surface area contributed by atoms with Gasteiger partial charge in [-0.15, -0.1) is 0 Å². The molecular weight excluding hydrogens is 292 g/mol. The van der Waals surface area contributed by atoms with Crippen LogP contribution in [0.15, 0.2) is 36.7 Å². The van der Waals surface area contributed by atoms with Crippen molar-refractivity contribution in [3.8, 4) is 5.75 Å². The second kappa shape index (κ2) is 7.09. The van der Waals surface area contributed by atoms with Crippen LogP contribution in [0.4, 0.5) is 11.6 Å². The minimum atomic E-state index is -0.220. The van der Waals surface area contributed by atoms with E-state index in [4.69, 9.17) is 4.74 Å². The van der Waals surface area contributed by atoms with Gasteiger partial charge in [0, 0.05) is 31.2 Å². The highest BCUT2D eigenvalue weighted by Gasteiger charge is 2.15. The van der Waals surface area contributed by atoms with Crippen LogP contribution in [0.1, 0.15) is 30.1 Å². The van der Waals surface area contributed by atoms with Gasteiger partial charge in [-0.2, -0.15) is 0 Å². The molecule has 0 spiro atoms. The lowest BCUT2D eigenvalue weighted by Gasteiger charge is -2.14. The molecule has 2 heterocycles. The van der Waals surface area contributed by atoms with Gasteiger partial charge in [0.1, 0.15) is 5.75 Å². The summed E-state index contributed by atoms with van der Waals surface area (Å²) in [7, 11) is 0. The first-order chi connectivity index (χ1) is 11.3. The van der Waals surface area contributed by atoms with Crippen LogP contribution in [0.2, 0.25) is 0 Å². The highest BCUT2D eigenvalue weighted by Crippen LogP contribution is 2.17. The molecular formula is C17H20N4O2. The molecule has 1 amide bonds. The summed E-state index contributed by atoms with van der Waals surface area (Å²) in [5.74, 6) is 1.26. The van der Waals surface area contributed by atoms with E-state index in [0.29, 0.717) is 23.8 Å². The number of anilines is 2. The van der Waals surface area contributed by atoms with E-state index in [1.165, 1.54) is 12.8 Å². The van der Waals surface area contributed by atoms with Gasteiger partial charge in [0.15, 0.2) is 0 Å². The Kier molecular flexibility index (Phi) is 4.71. The van der Waals surface area contributed by atoms with Crippen molar-refractivity contribution >= 4 is 17.5 Å². The Morgan fingerprint density at radius 2 is 1.83 bits per heavy atom. The number of benzene rings is 1.